The van der Waals surface area contributed by atoms with Crippen LogP contribution in [0.5, 0.6) is 0 Å². The monoisotopic (exact) mass is 495 g/mol. The average Bonchev–Trinajstić information content (AvgIpc) is 3.08. The fourth-order valence-electron chi connectivity index (χ4n) is 4.80. The molecule has 1 heterocycles. The molecule has 3 aromatic carbocycles. The Kier molecular flexibility index (Phi) is 5.92. The van der Waals surface area contributed by atoms with Gasteiger partial charge in [-0.2, -0.15) is 0 Å². The first-order valence-electron chi connectivity index (χ1n) is 11.0. The number of halogens is 3. The lowest BCUT2D eigenvalue weighted by Crippen LogP contribution is -2.29. The predicted octanol–water partition coefficient (Wildman–Crippen LogP) is 6.64. The molecule has 1 fully saturated rings. The number of aryl methyl sites for hydroxylation is 2. The third-order valence-corrected chi connectivity index (χ3v) is 6.83. The van der Waals surface area contributed by atoms with Crippen molar-refractivity contribution in [3.63, 3.8) is 0 Å². The van der Waals surface area contributed by atoms with Gasteiger partial charge in [-0.3, -0.25) is 14.5 Å². The highest BCUT2D eigenvalue weighted by Crippen LogP contribution is 2.44. The molecule has 1 aliphatic carbocycles. The molecule has 5 rings (SSSR count). The zero-order valence-corrected chi connectivity index (χ0v) is 19.5. The molecule has 0 radical (unpaired) electrons. The molecule has 1 N–H and O–H groups in total. The van der Waals surface area contributed by atoms with Crippen LogP contribution < -0.4 is 4.90 Å². The van der Waals surface area contributed by atoms with Gasteiger partial charge in [0.2, 0.25) is 0 Å². The van der Waals surface area contributed by atoms with Crippen LogP contribution in [0.25, 0.3) is 5.76 Å². The van der Waals surface area contributed by atoms with Crippen LogP contribution in [0.1, 0.15) is 41.1 Å². The molecule has 1 atom stereocenters. The first kappa shape index (κ1) is 22.6. The van der Waals surface area contributed by atoms with Crippen molar-refractivity contribution in [1.82, 2.24) is 0 Å². The number of ketones is 1. The minimum atomic E-state index is -1.19. The van der Waals surface area contributed by atoms with Gasteiger partial charge in [-0.25, -0.2) is 4.39 Å². The molecule has 3 aromatic rings. The number of amides is 1. The molecular weight excluding hydrogens is 476 g/mol. The van der Waals surface area contributed by atoms with Crippen LogP contribution in [0.15, 0.2) is 66.2 Å². The molecule has 7 heteroatoms. The van der Waals surface area contributed by atoms with E-state index in [-0.39, 0.29) is 32.6 Å². The van der Waals surface area contributed by atoms with E-state index >= 15 is 4.39 Å². The van der Waals surface area contributed by atoms with E-state index in [1.54, 1.807) is 12.1 Å². The summed E-state index contributed by atoms with van der Waals surface area (Å²) in [5, 5.41) is 11.8. The van der Waals surface area contributed by atoms with Gasteiger partial charge in [0.15, 0.2) is 0 Å². The minimum Gasteiger partial charge on any atom is -0.507 e. The number of hydrogen-bond donors (Lipinski definition) is 1. The topological polar surface area (TPSA) is 57.6 Å². The van der Waals surface area contributed by atoms with Crippen molar-refractivity contribution in [2.75, 3.05) is 4.90 Å². The Labute approximate surface area is 206 Å². The maximum absolute atomic E-state index is 15.0. The zero-order chi connectivity index (χ0) is 24.0. The second kappa shape index (κ2) is 8.90. The molecule has 1 unspecified atom stereocenters. The third kappa shape index (κ3) is 3.89. The van der Waals surface area contributed by atoms with Crippen LogP contribution in [-0.2, 0) is 22.4 Å². The second-order valence-electron chi connectivity index (χ2n) is 8.51. The molecule has 1 aliphatic heterocycles. The SMILES string of the molecule is O=C1C(=O)N(c2cc(Cl)cc(Cl)c2)C(c2ccccc2F)/C1=C(\O)c1ccc2c(c1)CCCC2. The van der Waals surface area contributed by atoms with Crippen molar-refractivity contribution in [2.45, 2.75) is 31.7 Å². The summed E-state index contributed by atoms with van der Waals surface area (Å²) in [6.45, 7) is 0. The molecule has 0 aromatic heterocycles. The molecule has 1 amide bonds. The van der Waals surface area contributed by atoms with Gasteiger partial charge in [0.25, 0.3) is 11.7 Å². The van der Waals surface area contributed by atoms with E-state index in [0.717, 1.165) is 36.1 Å². The highest BCUT2D eigenvalue weighted by Gasteiger charge is 2.48. The summed E-state index contributed by atoms with van der Waals surface area (Å²) < 4.78 is 15.0. The fraction of sp³-hybridized carbons (Fsp3) is 0.185. The highest BCUT2D eigenvalue weighted by molar-refractivity contribution is 6.52. The summed E-state index contributed by atoms with van der Waals surface area (Å²) in [5.41, 5.74) is 2.87. The van der Waals surface area contributed by atoms with Crippen molar-refractivity contribution in [3.8, 4) is 0 Å². The molecule has 0 saturated carbocycles. The summed E-state index contributed by atoms with van der Waals surface area (Å²) in [6, 6.07) is 14.7. The van der Waals surface area contributed by atoms with E-state index in [9.17, 15) is 14.7 Å². The van der Waals surface area contributed by atoms with Gasteiger partial charge in [-0.15, -0.1) is 0 Å². The molecule has 34 heavy (non-hydrogen) atoms. The minimum absolute atomic E-state index is 0.0808. The van der Waals surface area contributed by atoms with E-state index in [1.807, 2.05) is 12.1 Å². The first-order valence-corrected chi connectivity index (χ1v) is 11.7. The van der Waals surface area contributed by atoms with E-state index < -0.39 is 23.5 Å². The number of anilines is 1. The lowest BCUT2D eigenvalue weighted by molar-refractivity contribution is -0.132. The number of nitrogens with zero attached hydrogens (tertiary/aromatic N) is 1. The van der Waals surface area contributed by atoms with E-state index in [1.165, 1.54) is 42.0 Å². The highest BCUT2D eigenvalue weighted by atomic mass is 35.5. The van der Waals surface area contributed by atoms with Crippen molar-refractivity contribution in [2.24, 2.45) is 0 Å². The number of Topliss-reactive ketones (excluding diaryl/α,β-unsaturated/α-hetero) is 1. The lowest BCUT2D eigenvalue weighted by atomic mass is 9.88. The van der Waals surface area contributed by atoms with E-state index in [0.29, 0.717) is 5.56 Å². The number of hydrogen-bond acceptors (Lipinski definition) is 3. The number of carbonyl (C=O) groups is 2. The Balaban J connectivity index is 1.73. The summed E-state index contributed by atoms with van der Waals surface area (Å²) in [5.74, 6) is -2.75. The van der Waals surface area contributed by atoms with Gasteiger partial charge in [-0.1, -0.05) is 53.5 Å². The molecule has 1 saturated heterocycles. The third-order valence-electron chi connectivity index (χ3n) is 6.39. The first-order chi connectivity index (χ1) is 16.3. The van der Waals surface area contributed by atoms with Crippen molar-refractivity contribution < 1.29 is 19.1 Å². The molecule has 4 nitrogen and oxygen atoms in total. The number of aliphatic hydroxyl groups excluding tert-OH is 1. The van der Waals surface area contributed by atoms with E-state index in [4.69, 9.17) is 23.2 Å². The Hall–Kier alpha value is -3.15. The molecule has 2 aliphatic rings. The quantitative estimate of drug-likeness (QED) is 0.251. The Bertz CT molecular complexity index is 1350. The maximum Gasteiger partial charge on any atom is 0.300 e. The van der Waals surface area contributed by atoms with Gasteiger partial charge >= 0.3 is 0 Å². The lowest BCUT2D eigenvalue weighted by Gasteiger charge is -2.26. The molecule has 0 bridgehead atoms. The standard InChI is InChI=1S/C27H20Cl2FNO3/c28-18-12-19(29)14-20(13-18)31-24(21-7-3-4-8-22(21)30)23(26(33)27(31)34)25(32)17-10-9-15-5-1-2-6-16(15)11-17/h3-4,7-14,24,32H,1-2,5-6H2/b25-23+. The van der Waals surface area contributed by atoms with Crippen LogP contribution in [0.3, 0.4) is 0 Å². The van der Waals surface area contributed by atoms with Crippen LogP contribution in [0.2, 0.25) is 10.0 Å². The fourth-order valence-corrected chi connectivity index (χ4v) is 5.32. The summed E-state index contributed by atoms with van der Waals surface area (Å²) in [7, 11) is 0. The van der Waals surface area contributed by atoms with Crippen LogP contribution >= 0.6 is 23.2 Å². The Morgan fingerprint density at radius 2 is 1.59 bits per heavy atom. The normalized spacial score (nSPS) is 19.4. The number of benzene rings is 3. The van der Waals surface area contributed by atoms with Crippen LogP contribution in [0.4, 0.5) is 10.1 Å². The van der Waals surface area contributed by atoms with E-state index in [2.05, 4.69) is 0 Å². The Morgan fingerprint density at radius 3 is 2.29 bits per heavy atom. The smallest absolute Gasteiger partial charge is 0.300 e. The number of carbonyl (C=O) groups excluding carboxylic acids is 2. The van der Waals surface area contributed by atoms with Crippen LogP contribution in [0, 0.1) is 5.82 Å². The van der Waals surface area contributed by atoms with Crippen molar-refractivity contribution >= 4 is 46.3 Å². The number of rotatable bonds is 3. The molecular formula is C27H20Cl2FNO3. The summed E-state index contributed by atoms with van der Waals surface area (Å²) >= 11 is 12.3. The van der Waals surface area contributed by atoms with Gasteiger partial charge in [0.1, 0.15) is 11.6 Å². The molecule has 172 valence electrons. The van der Waals surface area contributed by atoms with Gasteiger partial charge in [0.05, 0.1) is 11.6 Å². The van der Waals surface area contributed by atoms with Crippen molar-refractivity contribution in [3.05, 3.63) is 104 Å². The Morgan fingerprint density at radius 1 is 0.912 bits per heavy atom. The average molecular weight is 496 g/mol. The maximum atomic E-state index is 15.0. The summed E-state index contributed by atoms with van der Waals surface area (Å²) in [6.07, 6.45) is 4.00. The number of fused-ring (bicyclic) bond motifs is 1. The number of aliphatic hydroxyl groups is 1. The largest absolute Gasteiger partial charge is 0.507 e. The zero-order valence-electron chi connectivity index (χ0n) is 18.0. The van der Waals surface area contributed by atoms with Gasteiger partial charge < -0.3 is 5.11 Å². The van der Waals surface area contributed by atoms with Crippen LogP contribution in [-0.4, -0.2) is 16.8 Å². The van der Waals surface area contributed by atoms with Crippen molar-refractivity contribution in [1.29, 1.82) is 0 Å². The van der Waals surface area contributed by atoms with Gasteiger partial charge in [-0.05, 0) is 67.1 Å². The summed E-state index contributed by atoms with van der Waals surface area (Å²) in [4.78, 5) is 27.6. The van der Waals surface area contributed by atoms with Gasteiger partial charge in [0, 0.05) is 26.9 Å². The predicted molar refractivity (Wildman–Crippen MR) is 131 cm³/mol. The molecule has 0 spiro atoms. The second-order valence-corrected chi connectivity index (χ2v) is 9.38.